The standard InChI is InChI=1S/C17H26O6/c1-3-4-8-15(20)13(11-18)14(12-19)16(21)9-6-5-7-10-17(22)23-2/h3-4,7,10-16,20-21H,5-6,8-9H2,1-2H3/b4-3+,10-7+/t13?,14?,15?,16-/m0/s1. The molecular weight excluding hydrogens is 300 g/mol. The second kappa shape index (κ2) is 12.7. The van der Waals surface area contributed by atoms with Crippen molar-refractivity contribution in [1.29, 1.82) is 0 Å². The van der Waals surface area contributed by atoms with Crippen molar-refractivity contribution in [3.8, 4) is 0 Å². The fourth-order valence-corrected chi connectivity index (χ4v) is 2.19. The lowest BCUT2D eigenvalue weighted by molar-refractivity contribution is -0.134. The molecule has 23 heavy (non-hydrogen) atoms. The zero-order valence-corrected chi connectivity index (χ0v) is 13.6. The van der Waals surface area contributed by atoms with Crippen LogP contribution in [0.25, 0.3) is 0 Å². The number of unbranched alkanes of at least 4 members (excludes halogenated alkanes) is 1. The number of rotatable bonds is 12. The molecule has 0 aliphatic heterocycles. The van der Waals surface area contributed by atoms with Crippen molar-refractivity contribution in [1.82, 2.24) is 0 Å². The number of aldehydes is 2. The van der Waals surface area contributed by atoms with Gasteiger partial charge in [-0.3, -0.25) is 0 Å². The van der Waals surface area contributed by atoms with Crippen LogP contribution in [0, 0.1) is 11.8 Å². The molecule has 2 N–H and O–H groups in total. The number of aliphatic hydroxyl groups is 2. The second-order valence-electron chi connectivity index (χ2n) is 5.22. The molecule has 0 amide bonds. The van der Waals surface area contributed by atoms with Crippen molar-refractivity contribution < 1.29 is 29.3 Å². The van der Waals surface area contributed by atoms with E-state index >= 15 is 0 Å². The minimum atomic E-state index is -1.02. The summed E-state index contributed by atoms with van der Waals surface area (Å²) in [6.07, 6.45) is 6.97. The van der Waals surface area contributed by atoms with Crippen LogP contribution in [0.4, 0.5) is 0 Å². The van der Waals surface area contributed by atoms with Crippen molar-refractivity contribution in [3.05, 3.63) is 24.3 Å². The lowest BCUT2D eigenvalue weighted by Crippen LogP contribution is -2.37. The number of methoxy groups -OCH3 is 1. The summed E-state index contributed by atoms with van der Waals surface area (Å²) in [7, 11) is 1.28. The fourth-order valence-electron chi connectivity index (χ4n) is 2.19. The summed E-state index contributed by atoms with van der Waals surface area (Å²) in [6.45, 7) is 1.79. The van der Waals surface area contributed by atoms with E-state index in [0.29, 0.717) is 25.4 Å². The lowest BCUT2D eigenvalue weighted by atomic mass is 9.82. The fraction of sp³-hybridized carbons (Fsp3) is 0.588. The first-order valence-electron chi connectivity index (χ1n) is 7.64. The molecule has 0 rings (SSSR count). The molecule has 0 aliphatic rings. The maximum absolute atomic E-state index is 11.2. The van der Waals surface area contributed by atoms with E-state index in [1.165, 1.54) is 13.2 Å². The van der Waals surface area contributed by atoms with Crippen LogP contribution < -0.4 is 0 Å². The van der Waals surface area contributed by atoms with Gasteiger partial charge in [0.15, 0.2) is 0 Å². The van der Waals surface area contributed by atoms with Gasteiger partial charge in [0, 0.05) is 6.08 Å². The maximum atomic E-state index is 11.2. The topological polar surface area (TPSA) is 101 Å². The Morgan fingerprint density at radius 1 is 1.09 bits per heavy atom. The van der Waals surface area contributed by atoms with Gasteiger partial charge in [0.1, 0.15) is 12.6 Å². The third-order valence-corrected chi connectivity index (χ3v) is 3.59. The Kier molecular flexibility index (Phi) is 11.7. The number of ether oxygens (including phenoxy) is 1. The van der Waals surface area contributed by atoms with E-state index in [4.69, 9.17) is 0 Å². The molecule has 0 fully saturated rings. The van der Waals surface area contributed by atoms with Gasteiger partial charge >= 0.3 is 5.97 Å². The summed E-state index contributed by atoms with van der Waals surface area (Å²) in [6, 6.07) is 0. The first-order valence-corrected chi connectivity index (χ1v) is 7.64. The molecule has 6 nitrogen and oxygen atoms in total. The molecule has 0 saturated heterocycles. The average molecular weight is 326 g/mol. The summed E-state index contributed by atoms with van der Waals surface area (Å²) in [4.78, 5) is 33.3. The Hall–Kier alpha value is -1.79. The molecule has 0 aromatic heterocycles. The van der Waals surface area contributed by atoms with Crippen LogP contribution >= 0.6 is 0 Å². The van der Waals surface area contributed by atoms with Gasteiger partial charge in [0.05, 0.1) is 31.2 Å². The van der Waals surface area contributed by atoms with Crippen LogP contribution in [0.2, 0.25) is 0 Å². The highest BCUT2D eigenvalue weighted by atomic mass is 16.5. The molecule has 130 valence electrons. The first kappa shape index (κ1) is 21.2. The number of esters is 1. The molecule has 0 bridgehead atoms. The SMILES string of the molecule is C/C=C/CC(O)C(C=O)C(C=O)[C@@H](O)CCC/C=C/C(=O)OC. The Morgan fingerprint density at radius 2 is 1.70 bits per heavy atom. The summed E-state index contributed by atoms with van der Waals surface area (Å²) in [5.41, 5.74) is 0. The quantitative estimate of drug-likeness (QED) is 0.184. The van der Waals surface area contributed by atoms with E-state index in [-0.39, 0.29) is 12.8 Å². The highest BCUT2D eigenvalue weighted by Gasteiger charge is 2.32. The number of hydrogen-bond donors (Lipinski definition) is 2. The molecule has 0 radical (unpaired) electrons. The third-order valence-electron chi connectivity index (χ3n) is 3.59. The Morgan fingerprint density at radius 3 is 2.22 bits per heavy atom. The summed E-state index contributed by atoms with van der Waals surface area (Å²) in [5, 5.41) is 20.1. The van der Waals surface area contributed by atoms with Crippen LogP contribution in [0.1, 0.15) is 32.6 Å². The highest BCUT2D eigenvalue weighted by Crippen LogP contribution is 2.22. The van der Waals surface area contributed by atoms with Gasteiger partial charge in [0.2, 0.25) is 0 Å². The predicted molar refractivity (Wildman–Crippen MR) is 85.6 cm³/mol. The Labute approximate surface area is 136 Å². The first-order chi connectivity index (χ1) is 11.0. The number of carbonyl (C=O) groups is 3. The molecule has 0 aromatic rings. The third kappa shape index (κ3) is 8.42. The van der Waals surface area contributed by atoms with Crippen LogP contribution in [-0.2, 0) is 19.1 Å². The van der Waals surface area contributed by atoms with Crippen molar-refractivity contribution >= 4 is 18.5 Å². The van der Waals surface area contributed by atoms with Crippen LogP contribution in [0.5, 0.6) is 0 Å². The van der Waals surface area contributed by atoms with Gasteiger partial charge < -0.3 is 24.5 Å². The predicted octanol–water partition coefficient (Wildman–Crippen LogP) is 1.20. The normalized spacial score (nSPS) is 16.9. The molecule has 4 atom stereocenters. The van der Waals surface area contributed by atoms with E-state index in [2.05, 4.69) is 4.74 Å². The number of allylic oxidation sites excluding steroid dienone is 2. The molecule has 0 aromatic carbocycles. The van der Waals surface area contributed by atoms with Crippen LogP contribution in [0.3, 0.4) is 0 Å². The van der Waals surface area contributed by atoms with Gasteiger partial charge in [-0.2, -0.15) is 0 Å². The van der Waals surface area contributed by atoms with E-state index in [1.807, 2.05) is 0 Å². The summed E-state index contributed by atoms with van der Waals surface area (Å²) >= 11 is 0. The number of aliphatic hydroxyl groups excluding tert-OH is 2. The highest BCUT2D eigenvalue weighted by molar-refractivity contribution is 5.81. The monoisotopic (exact) mass is 326 g/mol. The summed E-state index contributed by atoms with van der Waals surface area (Å²) < 4.78 is 4.44. The molecule has 0 spiro atoms. The molecule has 0 aliphatic carbocycles. The van der Waals surface area contributed by atoms with Gasteiger partial charge in [-0.05, 0) is 32.6 Å². The maximum Gasteiger partial charge on any atom is 0.330 e. The smallest absolute Gasteiger partial charge is 0.330 e. The Balaban J connectivity index is 4.50. The largest absolute Gasteiger partial charge is 0.466 e. The van der Waals surface area contributed by atoms with E-state index in [1.54, 1.807) is 25.2 Å². The minimum Gasteiger partial charge on any atom is -0.466 e. The summed E-state index contributed by atoms with van der Waals surface area (Å²) in [5.74, 6) is -2.34. The van der Waals surface area contributed by atoms with Gasteiger partial charge in [-0.15, -0.1) is 0 Å². The molecule has 6 heteroatoms. The van der Waals surface area contributed by atoms with Gasteiger partial charge in [0.25, 0.3) is 0 Å². The second-order valence-corrected chi connectivity index (χ2v) is 5.22. The van der Waals surface area contributed by atoms with Gasteiger partial charge in [-0.25, -0.2) is 4.79 Å². The molecular formula is C17H26O6. The zero-order chi connectivity index (χ0) is 17.7. The number of carbonyl (C=O) groups excluding carboxylic acids is 3. The average Bonchev–Trinajstić information content (AvgIpc) is 2.56. The van der Waals surface area contributed by atoms with E-state index in [9.17, 15) is 24.6 Å². The van der Waals surface area contributed by atoms with Crippen LogP contribution in [-0.4, -0.2) is 48.1 Å². The van der Waals surface area contributed by atoms with Crippen molar-refractivity contribution in [2.24, 2.45) is 11.8 Å². The number of hydrogen-bond acceptors (Lipinski definition) is 6. The van der Waals surface area contributed by atoms with E-state index in [0.717, 1.165) is 0 Å². The van der Waals surface area contributed by atoms with Crippen molar-refractivity contribution in [2.75, 3.05) is 7.11 Å². The molecule has 0 saturated carbocycles. The molecule has 0 heterocycles. The van der Waals surface area contributed by atoms with Gasteiger partial charge in [-0.1, -0.05) is 18.2 Å². The molecule has 3 unspecified atom stereocenters. The van der Waals surface area contributed by atoms with Crippen molar-refractivity contribution in [3.63, 3.8) is 0 Å². The minimum absolute atomic E-state index is 0.249. The van der Waals surface area contributed by atoms with Crippen molar-refractivity contribution in [2.45, 2.75) is 44.8 Å². The van der Waals surface area contributed by atoms with E-state index < -0.39 is 30.0 Å². The van der Waals surface area contributed by atoms with Crippen LogP contribution in [0.15, 0.2) is 24.3 Å². The zero-order valence-electron chi connectivity index (χ0n) is 13.6. The lowest BCUT2D eigenvalue weighted by Gasteiger charge is -2.26. The Bertz CT molecular complexity index is 415.